The molecule has 2 aromatic carbocycles. The average molecular weight is 329 g/mol. The lowest BCUT2D eigenvalue weighted by Crippen LogP contribution is -2.03. The van der Waals surface area contributed by atoms with E-state index in [1.807, 2.05) is 65.4 Å². The number of halogens is 1. The van der Waals surface area contributed by atoms with Gasteiger partial charge in [0.25, 0.3) is 0 Å². The summed E-state index contributed by atoms with van der Waals surface area (Å²) in [5.41, 5.74) is 1.65. The smallest absolute Gasteiger partial charge is 0.173 e. The summed E-state index contributed by atoms with van der Waals surface area (Å²) in [4.78, 5) is 16.5. The summed E-state index contributed by atoms with van der Waals surface area (Å²) in [5.74, 6) is 0.438. The zero-order chi connectivity index (χ0) is 15.4. The van der Waals surface area contributed by atoms with E-state index in [0.29, 0.717) is 10.8 Å². The number of carbonyl (C=O) groups is 1. The Bertz CT molecular complexity index is 786. The van der Waals surface area contributed by atoms with Gasteiger partial charge in [0.1, 0.15) is 0 Å². The van der Waals surface area contributed by atoms with Crippen LogP contribution in [-0.2, 0) is 0 Å². The van der Waals surface area contributed by atoms with E-state index in [1.54, 1.807) is 6.20 Å². The van der Waals surface area contributed by atoms with Crippen molar-refractivity contribution < 1.29 is 4.79 Å². The molecule has 0 amide bonds. The van der Waals surface area contributed by atoms with E-state index < -0.39 is 0 Å². The van der Waals surface area contributed by atoms with Gasteiger partial charge in [-0.05, 0) is 18.2 Å². The Morgan fingerprint density at radius 3 is 2.73 bits per heavy atom. The number of imidazole rings is 1. The quantitative estimate of drug-likeness (QED) is 0.511. The molecule has 0 unspecified atom stereocenters. The van der Waals surface area contributed by atoms with Gasteiger partial charge >= 0.3 is 0 Å². The molecule has 0 saturated carbocycles. The predicted molar refractivity (Wildman–Crippen MR) is 90.1 cm³/mol. The lowest BCUT2D eigenvalue weighted by atomic mass is 10.2. The Morgan fingerprint density at radius 1 is 1.14 bits per heavy atom. The van der Waals surface area contributed by atoms with E-state index in [2.05, 4.69) is 4.98 Å². The number of thioether (sulfide) groups is 1. The monoisotopic (exact) mass is 328 g/mol. The van der Waals surface area contributed by atoms with E-state index in [-0.39, 0.29) is 5.78 Å². The summed E-state index contributed by atoms with van der Waals surface area (Å²) in [6.07, 6.45) is 3.58. The number of aromatic nitrogens is 2. The fourth-order valence-corrected chi connectivity index (χ4v) is 3.11. The number of hydrogen-bond donors (Lipinski definition) is 0. The molecule has 1 heterocycles. The van der Waals surface area contributed by atoms with Crippen molar-refractivity contribution in [2.24, 2.45) is 0 Å². The normalized spacial score (nSPS) is 10.6. The third kappa shape index (κ3) is 3.40. The number of rotatable bonds is 5. The van der Waals surface area contributed by atoms with Crippen molar-refractivity contribution >= 4 is 29.1 Å². The molecular weight excluding hydrogens is 316 g/mol. The highest BCUT2D eigenvalue weighted by Gasteiger charge is 2.10. The highest BCUT2D eigenvalue weighted by molar-refractivity contribution is 7.99. The zero-order valence-corrected chi connectivity index (χ0v) is 13.2. The number of Topliss-reactive ketones (excluding diaryl/α,β-unsaturated/α-hetero) is 1. The molecule has 0 radical (unpaired) electrons. The summed E-state index contributed by atoms with van der Waals surface area (Å²) in [6, 6.07) is 16.8. The molecule has 110 valence electrons. The SMILES string of the molecule is O=C(CSc1nccn1-c1cccc(Cl)c1)c1ccccc1. The lowest BCUT2D eigenvalue weighted by Gasteiger charge is -2.07. The van der Waals surface area contributed by atoms with Gasteiger partial charge in [0.15, 0.2) is 10.9 Å². The minimum atomic E-state index is 0.0891. The highest BCUT2D eigenvalue weighted by atomic mass is 35.5. The van der Waals surface area contributed by atoms with E-state index >= 15 is 0 Å². The first-order chi connectivity index (χ1) is 10.7. The van der Waals surface area contributed by atoms with Crippen LogP contribution in [0.15, 0.2) is 72.1 Å². The van der Waals surface area contributed by atoms with Crippen LogP contribution in [0, 0.1) is 0 Å². The molecule has 5 heteroatoms. The number of carbonyl (C=O) groups excluding carboxylic acids is 1. The summed E-state index contributed by atoms with van der Waals surface area (Å²) < 4.78 is 1.93. The third-order valence-electron chi connectivity index (χ3n) is 3.12. The maximum absolute atomic E-state index is 12.2. The van der Waals surface area contributed by atoms with Crippen molar-refractivity contribution in [3.8, 4) is 5.69 Å². The van der Waals surface area contributed by atoms with Crippen LogP contribution in [-0.4, -0.2) is 21.1 Å². The molecule has 3 aromatic rings. The molecule has 0 spiro atoms. The molecule has 0 saturated heterocycles. The summed E-state index contributed by atoms with van der Waals surface area (Å²) >= 11 is 7.44. The zero-order valence-electron chi connectivity index (χ0n) is 11.6. The van der Waals surface area contributed by atoms with Gasteiger partial charge in [0.2, 0.25) is 0 Å². The van der Waals surface area contributed by atoms with E-state index in [4.69, 9.17) is 11.6 Å². The Labute approximate surface area is 138 Å². The topological polar surface area (TPSA) is 34.9 Å². The van der Waals surface area contributed by atoms with Crippen LogP contribution in [0.25, 0.3) is 5.69 Å². The Balaban J connectivity index is 1.75. The molecule has 22 heavy (non-hydrogen) atoms. The lowest BCUT2D eigenvalue weighted by molar-refractivity contribution is 0.102. The largest absolute Gasteiger partial charge is 0.295 e. The number of ketones is 1. The minimum absolute atomic E-state index is 0.0891. The van der Waals surface area contributed by atoms with Crippen LogP contribution in [0.5, 0.6) is 0 Å². The fraction of sp³-hybridized carbons (Fsp3) is 0.0588. The van der Waals surface area contributed by atoms with Crippen LogP contribution in [0.4, 0.5) is 0 Å². The molecule has 0 aliphatic rings. The van der Waals surface area contributed by atoms with Gasteiger partial charge in [-0.25, -0.2) is 4.98 Å². The van der Waals surface area contributed by atoms with E-state index in [1.165, 1.54) is 11.8 Å². The van der Waals surface area contributed by atoms with Crippen LogP contribution >= 0.6 is 23.4 Å². The second-order valence-electron chi connectivity index (χ2n) is 4.64. The molecular formula is C17H13ClN2OS. The van der Waals surface area contributed by atoms with Gasteiger partial charge in [0, 0.05) is 28.7 Å². The van der Waals surface area contributed by atoms with Crippen LogP contribution in [0.3, 0.4) is 0 Å². The molecule has 0 aliphatic carbocycles. The van der Waals surface area contributed by atoms with E-state index in [0.717, 1.165) is 16.4 Å². The second kappa shape index (κ2) is 6.81. The van der Waals surface area contributed by atoms with Gasteiger partial charge in [0.05, 0.1) is 5.75 Å². The third-order valence-corrected chi connectivity index (χ3v) is 4.32. The Hall–Kier alpha value is -2.04. The van der Waals surface area contributed by atoms with Crippen molar-refractivity contribution in [2.45, 2.75) is 5.16 Å². The van der Waals surface area contributed by atoms with Crippen molar-refractivity contribution in [3.63, 3.8) is 0 Å². The van der Waals surface area contributed by atoms with Gasteiger partial charge in [-0.15, -0.1) is 0 Å². The van der Waals surface area contributed by atoms with Gasteiger partial charge in [-0.2, -0.15) is 0 Å². The average Bonchev–Trinajstić information content (AvgIpc) is 3.02. The Kier molecular flexibility index (Phi) is 4.61. The van der Waals surface area contributed by atoms with Gasteiger partial charge < -0.3 is 0 Å². The second-order valence-corrected chi connectivity index (χ2v) is 6.02. The first-order valence-electron chi connectivity index (χ1n) is 6.74. The first-order valence-corrected chi connectivity index (χ1v) is 8.11. The molecule has 3 rings (SSSR count). The van der Waals surface area contributed by atoms with Crippen molar-refractivity contribution in [1.29, 1.82) is 0 Å². The molecule has 3 nitrogen and oxygen atoms in total. The molecule has 1 aromatic heterocycles. The molecule has 0 atom stereocenters. The van der Waals surface area contributed by atoms with Crippen molar-refractivity contribution in [1.82, 2.24) is 9.55 Å². The summed E-state index contributed by atoms with van der Waals surface area (Å²) in [7, 11) is 0. The number of hydrogen-bond acceptors (Lipinski definition) is 3. The molecule has 0 fully saturated rings. The molecule has 0 N–H and O–H groups in total. The van der Waals surface area contributed by atoms with E-state index in [9.17, 15) is 4.79 Å². The van der Waals surface area contributed by atoms with Gasteiger partial charge in [-0.1, -0.05) is 59.8 Å². The Morgan fingerprint density at radius 2 is 1.95 bits per heavy atom. The van der Waals surface area contributed by atoms with Crippen LogP contribution in [0.2, 0.25) is 5.02 Å². The highest BCUT2D eigenvalue weighted by Crippen LogP contribution is 2.23. The van der Waals surface area contributed by atoms with Crippen LogP contribution < -0.4 is 0 Å². The summed E-state index contributed by atoms with van der Waals surface area (Å²) in [5, 5.41) is 1.44. The number of benzene rings is 2. The molecule has 0 aliphatic heterocycles. The minimum Gasteiger partial charge on any atom is -0.295 e. The first kappa shape index (κ1) is 14.9. The molecule has 0 bridgehead atoms. The predicted octanol–water partition coefficient (Wildman–Crippen LogP) is 4.50. The van der Waals surface area contributed by atoms with Gasteiger partial charge in [-0.3, -0.25) is 9.36 Å². The maximum Gasteiger partial charge on any atom is 0.173 e. The van der Waals surface area contributed by atoms with Crippen LogP contribution in [0.1, 0.15) is 10.4 Å². The number of nitrogens with zero attached hydrogens (tertiary/aromatic N) is 2. The standard InChI is InChI=1S/C17H13ClN2OS/c18-14-7-4-8-15(11-14)20-10-9-19-17(20)22-12-16(21)13-5-2-1-3-6-13/h1-11H,12H2. The fourth-order valence-electron chi connectivity index (χ4n) is 2.06. The van der Waals surface area contributed by atoms with Crippen molar-refractivity contribution in [3.05, 3.63) is 77.6 Å². The van der Waals surface area contributed by atoms with Crippen molar-refractivity contribution in [2.75, 3.05) is 5.75 Å². The summed E-state index contributed by atoms with van der Waals surface area (Å²) in [6.45, 7) is 0. The maximum atomic E-state index is 12.2.